The Morgan fingerprint density at radius 2 is 2.29 bits per heavy atom. The number of pyridine rings is 1. The molecule has 0 aliphatic heterocycles. The maximum absolute atomic E-state index is 10.8. The van der Waals surface area contributed by atoms with Crippen LogP contribution in [0.4, 0.5) is 11.5 Å². The Morgan fingerprint density at radius 3 is 2.82 bits per heavy atom. The second kappa shape index (κ2) is 4.36. The normalized spacial score (nSPS) is 10.2. The van der Waals surface area contributed by atoms with Crippen molar-refractivity contribution < 1.29 is 4.92 Å². The molecule has 0 aromatic carbocycles. The molecule has 0 unspecified atom stereocenters. The van der Waals surface area contributed by atoms with E-state index in [9.17, 15) is 10.1 Å². The van der Waals surface area contributed by atoms with E-state index in [2.05, 4.69) is 15.5 Å². The standard InChI is InChI=1S/C8H7ClN6O2/c9-5-3-11-14(4-5)8-6(15(16)17)1-2-7(12-8)13-10/h1-4H,10H2,(H,12,13). The highest BCUT2D eigenvalue weighted by molar-refractivity contribution is 6.30. The van der Waals surface area contributed by atoms with Crippen molar-refractivity contribution in [2.45, 2.75) is 0 Å². The van der Waals surface area contributed by atoms with Gasteiger partial charge in [0.2, 0.25) is 5.82 Å². The molecule has 0 spiro atoms. The molecule has 2 aromatic heterocycles. The molecular weight excluding hydrogens is 248 g/mol. The number of nitrogens with zero attached hydrogens (tertiary/aromatic N) is 4. The highest BCUT2D eigenvalue weighted by Gasteiger charge is 2.18. The third-order valence-corrected chi connectivity index (χ3v) is 2.16. The summed E-state index contributed by atoms with van der Waals surface area (Å²) in [5.41, 5.74) is 2.11. The number of rotatable bonds is 3. The van der Waals surface area contributed by atoms with Crippen molar-refractivity contribution in [3.8, 4) is 5.82 Å². The lowest BCUT2D eigenvalue weighted by Crippen LogP contribution is -2.11. The van der Waals surface area contributed by atoms with Gasteiger partial charge in [-0.2, -0.15) is 5.10 Å². The van der Waals surface area contributed by atoms with Crippen LogP contribution in [0.3, 0.4) is 0 Å². The number of nitrogen functional groups attached to an aromatic ring is 1. The lowest BCUT2D eigenvalue weighted by atomic mass is 10.4. The minimum absolute atomic E-state index is 0.0392. The number of hydrogen-bond donors (Lipinski definition) is 2. The molecule has 0 saturated carbocycles. The van der Waals surface area contributed by atoms with Crippen LogP contribution in [-0.2, 0) is 0 Å². The number of hydrogen-bond acceptors (Lipinski definition) is 6. The first-order valence-electron chi connectivity index (χ1n) is 4.44. The van der Waals surface area contributed by atoms with Crippen LogP contribution < -0.4 is 11.3 Å². The van der Waals surface area contributed by atoms with Crippen molar-refractivity contribution in [1.82, 2.24) is 14.8 Å². The van der Waals surface area contributed by atoms with E-state index in [4.69, 9.17) is 17.4 Å². The summed E-state index contributed by atoms with van der Waals surface area (Å²) in [6.07, 6.45) is 2.77. The maximum Gasteiger partial charge on any atom is 0.313 e. The molecule has 0 amide bonds. The average molecular weight is 255 g/mol. The minimum atomic E-state index is -0.557. The van der Waals surface area contributed by atoms with Gasteiger partial charge in [-0.1, -0.05) is 11.6 Å². The van der Waals surface area contributed by atoms with Gasteiger partial charge < -0.3 is 5.43 Å². The summed E-state index contributed by atoms with van der Waals surface area (Å²) in [6, 6.07) is 2.68. The molecule has 2 aromatic rings. The largest absolute Gasteiger partial charge is 0.313 e. The van der Waals surface area contributed by atoms with Gasteiger partial charge in [0.05, 0.1) is 22.3 Å². The van der Waals surface area contributed by atoms with E-state index in [1.165, 1.54) is 29.2 Å². The summed E-state index contributed by atoms with van der Waals surface area (Å²) in [4.78, 5) is 14.2. The van der Waals surface area contributed by atoms with Crippen molar-refractivity contribution in [1.29, 1.82) is 0 Å². The quantitative estimate of drug-likeness (QED) is 0.482. The van der Waals surface area contributed by atoms with Crippen LogP contribution in [0.2, 0.25) is 5.02 Å². The fourth-order valence-electron chi connectivity index (χ4n) is 1.25. The van der Waals surface area contributed by atoms with Crippen molar-refractivity contribution in [2.75, 3.05) is 5.43 Å². The summed E-state index contributed by atoms with van der Waals surface area (Å²) in [5, 5.41) is 15.0. The first-order valence-corrected chi connectivity index (χ1v) is 4.82. The summed E-state index contributed by atoms with van der Waals surface area (Å²) in [6.45, 7) is 0. The Hall–Kier alpha value is -2.19. The molecule has 0 aliphatic carbocycles. The minimum Gasteiger partial charge on any atom is -0.308 e. The van der Waals surface area contributed by atoms with Crippen LogP contribution in [0.1, 0.15) is 0 Å². The van der Waals surface area contributed by atoms with Crippen LogP contribution in [-0.4, -0.2) is 19.7 Å². The molecule has 0 atom stereocenters. The topological polar surface area (TPSA) is 112 Å². The van der Waals surface area contributed by atoms with E-state index in [-0.39, 0.29) is 17.3 Å². The van der Waals surface area contributed by atoms with Crippen LogP contribution in [0.15, 0.2) is 24.5 Å². The van der Waals surface area contributed by atoms with Crippen LogP contribution in [0, 0.1) is 10.1 Å². The van der Waals surface area contributed by atoms with Gasteiger partial charge in [0.1, 0.15) is 5.82 Å². The third kappa shape index (κ3) is 2.17. The van der Waals surface area contributed by atoms with Crippen molar-refractivity contribution in [3.05, 3.63) is 39.7 Å². The summed E-state index contributed by atoms with van der Waals surface area (Å²) >= 11 is 5.69. The monoisotopic (exact) mass is 254 g/mol. The molecule has 0 fully saturated rings. The Labute approximate surface area is 100 Å². The first kappa shape index (κ1) is 11.3. The second-order valence-electron chi connectivity index (χ2n) is 3.04. The number of nitrogens with one attached hydrogen (secondary N) is 1. The number of anilines is 1. The Bertz CT molecular complexity index is 569. The second-order valence-corrected chi connectivity index (χ2v) is 3.48. The Morgan fingerprint density at radius 1 is 1.53 bits per heavy atom. The van der Waals surface area contributed by atoms with Crippen LogP contribution in [0.5, 0.6) is 0 Å². The van der Waals surface area contributed by atoms with Gasteiger partial charge in [0.25, 0.3) is 0 Å². The number of nitro groups is 1. The highest BCUT2D eigenvalue weighted by Crippen LogP contribution is 2.23. The highest BCUT2D eigenvalue weighted by atomic mass is 35.5. The molecule has 0 aliphatic rings. The van der Waals surface area contributed by atoms with Crippen LogP contribution >= 0.6 is 11.6 Å². The molecule has 3 N–H and O–H groups in total. The lowest BCUT2D eigenvalue weighted by Gasteiger charge is -2.04. The van der Waals surface area contributed by atoms with Crippen molar-refractivity contribution >= 4 is 23.1 Å². The van der Waals surface area contributed by atoms with E-state index >= 15 is 0 Å². The van der Waals surface area contributed by atoms with Gasteiger partial charge >= 0.3 is 5.69 Å². The van der Waals surface area contributed by atoms with E-state index in [1.54, 1.807) is 0 Å². The molecule has 17 heavy (non-hydrogen) atoms. The van der Waals surface area contributed by atoms with E-state index in [0.29, 0.717) is 5.02 Å². The zero-order chi connectivity index (χ0) is 12.4. The predicted octanol–water partition coefficient (Wildman–Crippen LogP) is 1.11. The summed E-state index contributed by atoms with van der Waals surface area (Å²) in [5.74, 6) is 5.52. The van der Waals surface area contributed by atoms with Gasteiger partial charge in [-0.25, -0.2) is 15.5 Å². The number of nitrogens with two attached hydrogens (primary N) is 1. The van der Waals surface area contributed by atoms with E-state index in [0.717, 1.165) is 0 Å². The number of hydrazine groups is 1. The number of halogens is 1. The van der Waals surface area contributed by atoms with Gasteiger partial charge in [-0.15, -0.1) is 0 Å². The first-order chi connectivity index (χ1) is 8.11. The molecule has 2 heterocycles. The molecule has 0 radical (unpaired) electrons. The predicted molar refractivity (Wildman–Crippen MR) is 60.8 cm³/mol. The van der Waals surface area contributed by atoms with E-state index in [1.807, 2.05) is 0 Å². The fraction of sp³-hybridized carbons (Fsp3) is 0. The van der Waals surface area contributed by atoms with Crippen molar-refractivity contribution in [3.63, 3.8) is 0 Å². The molecule has 0 bridgehead atoms. The third-order valence-electron chi connectivity index (χ3n) is 1.97. The molecule has 2 rings (SSSR count). The molecule has 8 nitrogen and oxygen atoms in total. The van der Waals surface area contributed by atoms with Crippen LogP contribution in [0.25, 0.3) is 5.82 Å². The fourth-order valence-corrected chi connectivity index (χ4v) is 1.39. The van der Waals surface area contributed by atoms with Crippen molar-refractivity contribution in [2.24, 2.45) is 5.84 Å². The average Bonchev–Trinajstić information content (AvgIpc) is 2.75. The number of aromatic nitrogens is 3. The zero-order valence-corrected chi connectivity index (χ0v) is 9.13. The Kier molecular flexibility index (Phi) is 2.90. The molecule has 9 heteroatoms. The smallest absolute Gasteiger partial charge is 0.308 e. The molecule has 88 valence electrons. The van der Waals surface area contributed by atoms with Gasteiger partial charge in [-0.05, 0) is 6.07 Å². The van der Waals surface area contributed by atoms with Gasteiger partial charge in [-0.3, -0.25) is 10.1 Å². The maximum atomic E-state index is 10.8. The summed E-state index contributed by atoms with van der Waals surface area (Å²) < 4.78 is 1.21. The molecular formula is C8H7ClN6O2. The van der Waals surface area contributed by atoms with E-state index < -0.39 is 4.92 Å². The Balaban J connectivity index is 2.60. The lowest BCUT2D eigenvalue weighted by molar-refractivity contribution is -0.384. The summed E-state index contributed by atoms with van der Waals surface area (Å²) in [7, 11) is 0. The van der Waals surface area contributed by atoms with Gasteiger partial charge in [0, 0.05) is 6.07 Å². The SMILES string of the molecule is NNc1ccc([N+](=O)[O-])c(-n2cc(Cl)cn2)n1. The van der Waals surface area contributed by atoms with Gasteiger partial charge in [0.15, 0.2) is 0 Å². The zero-order valence-electron chi connectivity index (χ0n) is 8.37. The molecule has 0 saturated heterocycles.